The number of hydrogen-bond acceptors (Lipinski definition) is 4. The third-order valence-corrected chi connectivity index (χ3v) is 3.32. The van der Waals surface area contributed by atoms with Crippen LogP contribution in [0, 0.1) is 11.8 Å². The van der Waals surface area contributed by atoms with Gasteiger partial charge in [-0.3, -0.25) is 9.59 Å². The van der Waals surface area contributed by atoms with Gasteiger partial charge in [0.1, 0.15) is 0 Å². The Hall–Kier alpha value is -1.85. The van der Waals surface area contributed by atoms with E-state index >= 15 is 0 Å². The van der Waals surface area contributed by atoms with Crippen molar-refractivity contribution in [3.63, 3.8) is 0 Å². The molecule has 0 radical (unpaired) electrons. The minimum atomic E-state index is -0.803. The normalized spacial score (nSPS) is 23.6. The Labute approximate surface area is 104 Å². The third-order valence-electron chi connectivity index (χ3n) is 3.32. The van der Waals surface area contributed by atoms with Gasteiger partial charge in [0.15, 0.2) is 5.76 Å². The molecule has 6 heteroatoms. The number of amides is 1. The molecule has 1 aliphatic rings. The second kappa shape index (κ2) is 5.66. The summed E-state index contributed by atoms with van der Waals surface area (Å²) in [5.74, 6) is -0.906. The van der Waals surface area contributed by atoms with E-state index in [0.717, 1.165) is 12.8 Å². The molecule has 1 heterocycles. The van der Waals surface area contributed by atoms with Gasteiger partial charge in [-0.2, -0.15) is 0 Å². The van der Waals surface area contributed by atoms with Crippen LogP contribution >= 0.6 is 0 Å². The fraction of sp³-hybridized carbons (Fsp3) is 0.583. The molecule has 98 valence electrons. The monoisotopic (exact) mass is 252 g/mol. The number of aromatic nitrogens is 1. The molecule has 2 rings (SSSR count). The summed E-state index contributed by atoms with van der Waals surface area (Å²) in [6.45, 7) is 0.299. The number of carboxylic acid groups (broad SMARTS) is 1. The number of nitrogens with zero attached hydrogens (tertiary/aromatic N) is 1. The van der Waals surface area contributed by atoms with Crippen molar-refractivity contribution in [3.05, 3.63) is 18.0 Å². The van der Waals surface area contributed by atoms with Crippen LogP contribution in [-0.2, 0) is 16.1 Å². The van der Waals surface area contributed by atoms with Gasteiger partial charge in [-0.1, -0.05) is 11.6 Å². The van der Waals surface area contributed by atoms with Gasteiger partial charge >= 0.3 is 5.97 Å². The molecule has 2 N–H and O–H groups in total. The highest BCUT2D eigenvalue weighted by molar-refractivity contribution is 5.80. The van der Waals surface area contributed by atoms with Crippen molar-refractivity contribution in [3.8, 4) is 0 Å². The van der Waals surface area contributed by atoms with Gasteiger partial charge in [-0.25, -0.2) is 0 Å². The molecule has 0 aliphatic heterocycles. The zero-order chi connectivity index (χ0) is 13.0. The third kappa shape index (κ3) is 3.09. The van der Waals surface area contributed by atoms with Crippen LogP contribution in [0.3, 0.4) is 0 Å². The molecule has 1 fully saturated rings. The van der Waals surface area contributed by atoms with E-state index < -0.39 is 5.97 Å². The number of carbonyl (C=O) groups excluding carboxylic acids is 1. The van der Waals surface area contributed by atoms with Crippen LogP contribution in [0.5, 0.6) is 0 Å². The van der Waals surface area contributed by atoms with Gasteiger partial charge < -0.3 is 14.9 Å². The summed E-state index contributed by atoms with van der Waals surface area (Å²) in [7, 11) is 0. The Balaban J connectivity index is 1.83. The van der Waals surface area contributed by atoms with Gasteiger partial charge in [0.25, 0.3) is 0 Å². The Bertz CT molecular complexity index is 416. The maximum atomic E-state index is 11.9. The van der Waals surface area contributed by atoms with Gasteiger partial charge in [0.2, 0.25) is 5.91 Å². The molecule has 6 nitrogen and oxygen atoms in total. The first-order chi connectivity index (χ1) is 8.66. The van der Waals surface area contributed by atoms with E-state index in [4.69, 9.17) is 9.63 Å². The summed E-state index contributed by atoms with van der Waals surface area (Å²) in [5, 5.41) is 15.3. The average Bonchev–Trinajstić information content (AvgIpc) is 2.89. The number of nitrogens with one attached hydrogen (secondary N) is 1. The maximum Gasteiger partial charge on any atom is 0.306 e. The average molecular weight is 252 g/mol. The van der Waals surface area contributed by atoms with Gasteiger partial charge in [-0.05, 0) is 19.3 Å². The van der Waals surface area contributed by atoms with Crippen molar-refractivity contribution < 1.29 is 19.2 Å². The molecule has 1 aromatic rings. The van der Waals surface area contributed by atoms with Crippen LogP contribution in [-0.4, -0.2) is 22.1 Å². The number of rotatable bonds is 4. The fourth-order valence-corrected chi connectivity index (χ4v) is 2.30. The number of hydrogen-bond donors (Lipinski definition) is 2. The van der Waals surface area contributed by atoms with Crippen molar-refractivity contribution in [2.24, 2.45) is 11.8 Å². The molecule has 1 aliphatic carbocycles. The highest BCUT2D eigenvalue weighted by atomic mass is 16.5. The number of carbonyl (C=O) groups is 2. The van der Waals surface area contributed by atoms with E-state index in [2.05, 4.69) is 10.5 Å². The molecular formula is C12H16N2O4. The lowest BCUT2D eigenvalue weighted by Gasteiger charge is -2.25. The zero-order valence-corrected chi connectivity index (χ0v) is 9.96. The van der Waals surface area contributed by atoms with E-state index in [1.807, 2.05) is 0 Å². The molecule has 0 spiro atoms. The largest absolute Gasteiger partial charge is 0.481 e. The van der Waals surface area contributed by atoms with E-state index in [9.17, 15) is 9.59 Å². The summed E-state index contributed by atoms with van der Waals surface area (Å²) < 4.78 is 4.87. The van der Waals surface area contributed by atoms with Crippen LogP contribution in [0.1, 0.15) is 31.4 Å². The maximum absolute atomic E-state index is 11.9. The molecule has 2 atom stereocenters. The second-order valence-electron chi connectivity index (χ2n) is 4.60. The van der Waals surface area contributed by atoms with Crippen LogP contribution < -0.4 is 5.32 Å². The number of carboxylic acids is 1. The predicted octanol–water partition coefficient (Wildman–Crippen LogP) is 1.18. The molecular weight excluding hydrogens is 236 g/mol. The SMILES string of the molecule is O=C(O)C1CCCC(C(=O)NCc2ccno2)C1. The molecule has 1 saturated carbocycles. The van der Waals surface area contributed by atoms with Crippen molar-refractivity contribution in [1.29, 1.82) is 0 Å². The van der Waals surface area contributed by atoms with Gasteiger partial charge in [0, 0.05) is 12.0 Å². The topological polar surface area (TPSA) is 92.4 Å². The first kappa shape index (κ1) is 12.6. The smallest absolute Gasteiger partial charge is 0.306 e. The molecule has 1 amide bonds. The standard InChI is InChI=1S/C12H16N2O4/c15-11(13-7-10-4-5-14-18-10)8-2-1-3-9(6-8)12(16)17/h4-5,8-9H,1-3,6-7H2,(H,13,15)(H,16,17). The van der Waals surface area contributed by atoms with Crippen LogP contribution in [0.2, 0.25) is 0 Å². The first-order valence-electron chi connectivity index (χ1n) is 6.07. The second-order valence-corrected chi connectivity index (χ2v) is 4.60. The molecule has 0 bridgehead atoms. The van der Waals surface area contributed by atoms with Crippen LogP contribution in [0.25, 0.3) is 0 Å². The highest BCUT2D eigenvalue weighted by Gasteiger charge is 2.30. The summed E-state index contributed by atoms with van der Waals surface area (Å²) >= 11 is 0. The molecule has 0 saturated heterocycles. The van der Waals surface area contributed by atoms with E-state index in [1.54, 1.807) is 6.07 Å². The van der Waals surface area contributed by atoms with Crippen molar-refractivity contribution in [1.82, 2.24) is 10.5 Å². The lowest BCUT2D eigenvalue weighted by atomic mass is 9.81. The Morgan fingerprint density at radius 1 is 1.44 bits per heavy atom. The lowest BCUT2D eigenvalue weighted by molar-refractivity contribution is -0.144. The first-order valence-corrected chi connectivity index (χ1v) is 6.07. The molecule has 18 heavy (non-hydrogen) atoms. The minimum absolute atomic E-state index is 0.0997. The van der Waals surface area contributed by atoms with E-state index in [1.165, 1.54) is 6.20 Å². The summed E-state index contributed by atoms with van der Waals surface area (Å²) in [6.07, 6.45) is 4.16. The molecule has 2 unspecified atom stereocenters. The van der Waals surface area contributed by atoms with Gasteiger partial charge in [0.05, 0.1) is 18.7 Å². The Kier molecular flexibility index (Phi) is 3.96. The minimum Gasteiger partial charge on any atom is -0.481 e. The van der Waals surface area contributed by atoms with E-state index in [-0.39, 0.29) is 17.7 Å². The van der Waals surface area contributed by atoms with Crippen molar-refractivity contribution in [2.45, 2.75) is 32.2 Å². The fourth-order valence-electron chi connectivity index (χ4n) is 2.30. The van der Waals surface area contributed by atoms with E-state index in [0.29, 0.717) is 25.1 Å². The lowest BCUT2D eigenvalue weighted by Crippen LogP contribution is -2.35. The zero-order valence-electron chi connectivity index (χ0n) is 9.96. The summed E-state index contributed by atoms with van der Waals surface area (Å²) in [5.41, 5.74) is 0. The van der Waals surface area contributed by atoms with Crippen LogP contribution in [0.4, 0.5) is 0 Å². The molecule has 1 aromatic heterocycles. The van der Waals surface area contributed by atoms with Gasteiger partial charge in [-0.15, -0.1) is 0 Å². The quantitative estimate of drug-likeness (QED) is 0.839. The Morgan fingerprint density at radius 2 is 2.22 bits per heavy atom. The van der Waals surface area contributed by atoms with Crippen LogP contribution in [0.15, 0.2) is 16.8 Å². The number of aliphatic carboxylic acids is 1. The predicted molar refractivity (Wildman–Crippen MR) is 61.4 cm³/mol. The van der Waals surface area contributed by atoms with Crippen molar-refractivity contribution in [2.75, 3.05) is 0 Å². The highest BCUT2D eigenvalue weighted by Crippen LogP contribution is 2.29. The molecule has 0 aromatic carbocycles. The summed E-state index contributed by atoms with van der Waals surface area (Å²) in [4.78, 5) is 22.8. The Morgan fingerprint density at radius 3 is 2.89 bits per heavy atom. The summed E-state index contributed by atoms with van der Waals surface area (Å²) in [6, 6.07) is 1.68. The van der Waals surface area contributed by atoms with Crippen molar-refractivity contribution >= 4 is 11.9 Å².